The van der Waals surface area contributed by atoms with Crippen LogP contribution in [0.1, 0.15) is 17.2 Å². The highest BCUT2D eigenvalue weighted by Crippen LogP contribution is 2.31. The zero-order chi connectivity index (χ0) is 13.8. The van der Waals surface area contributed by atoms with Crippen molar-refractivity contribution in [1.29, 1.82) is 0 Å². The molecule has 100 valence electrons. The summed E-state index contributed by atoms with van der Waals surface area (Å²) >= 11 is 3.22. The average Bonchev–Trinajstić information content (AvgIpc) is 2.44. The van der Waals surface area contributed by atoms with Gasteiger partial charge in [-0.05, 0) is 46.7 Å². The predicted molar refractivity (Wildman–Crippen MR) is 78.0 cm³/mol. The van der Waals surface area contributed by atoms with E-state index in [1.165, 1.54) is 6.07 Å². The van der Waals surface area contributed by atoms with Crippen LogP contribution in [-0.4, -0.2) is 14.2 Å². The molecule has 19 heavy (non-hydrogen) atoms. The van der Waals surface area contributed by atoms with Crippen molar-refractivity contribution in [2.75, 3.05) is 14.2 Å². The smallest absolute Gasteiger partial charge is 0.137 e. The van der Waals surface area contributed by atoms with Crippen LogP contribution >= 0.6 is 15.9 Å². The molecule has 0 aliphatic rings. The maximum atomic E-state index is 13.3. The molecule has 0 heterocycles. The monoisotopic (exact) mass is 323 g/mol. The molecule has 0 aliphatic carbocycles. The van der Waals surface area contributed by atoms with Crippen LogP contribution in [0.2, 0.25) is 0 Å². The van der Waals surface area contributed by atoms with Crippen molar-refractivity contribution in [3.63, 3.8) is 0 Å². The Morgan fingerprint density at radius 1 is 1.21 bits per heavy atom. The first-order chi connectivity index (χ1) is 9.17. The van der Waals surface area contributed by atoms with Crippen molar-refractivity contribution in [1.82, 2.24) is 5.32 Å². The van der Waals surface area contributed by atoms with E-state index in [1.54, 1.807) is 19.2 Å². The highest BCUT2D eigenvalue weighted by atomic mass is 79.9. The summed E-state index contributed by atoms with van der Waals surface area (Å²) in [6, 6.07) is 12.8. The van der Waals surface area contributed by atoms with Gasteiger partial charge in [0.05, 0.1) is 17.6 Å². The van der Waals surface area contributed by atoms with Gasteiger partial charge in [0.2, 0.25) is 0 Å². The van der Waals surface area contributed by atoms with Crippen LogP contribution in [0.5, 0.6) is 5.75 Å². The van der Waals surface area contributed by atoms with Gasteiger partial charge in [0.15, 0.2) is 0 Å². The molecule has 2 aromatic carbocycles. The Kier molecular flexibility index (Phi) is 4.56. The molecule has 2 aromatic rings. The number of nitrogens with one attached hydrogen (secondary N) is 1. The van der Waals surface area contributed by atoms with Gasteiger partial charge >= 0.3 is 0 Å². The second-order valence-corrected chi connectivity index (χ2v) is 4.99. The van der Waals surface area contributed by atoms with E-state index >= 15 is 0 Å². The number of halogens is 2. The summed E-state index contributed by atoms with van der Waals surface area (Å²) in [5.74, 6) is 0.543. The van der Waals surface area contributed by atoms with E-state index in [4.69, 9.17) is 4.74 Å². The van der Waals surface area contributed by atoms with Crippen molar-refractivity contribution >= 4 is 15.9 Å². The molecule has 0 radical (unpaired) electrons. The summed E-state index contributed by atoms with van der Waals surface area (Å²) in [6.07, 6.45) is 0. The van der Waals surface area contributed by atoms with Crippen molar-refractivity contribution in [3.05, 3.63) is 63.9 Å². The molecule has 1 unspecified atom stereocenters. The average molecular weight is 324 g/mol. The van der Waals surface area contributed by atoms with Crippen molar-refractivity contribution < 1.29 is 9.13 Å². The maximum absolute atomic E-state index is 13.3. The van der Waals surface area contributed by atoms with E-state index in [-0.39, 0.29) is 11.9 Å². The Bertz CT molecular complexity index is 574. The Balaban J connectivity index is 2.46. The summed E-state index contributed by atoms with van der Waals surface area (Å²) in [4.78, 5) is 0. The van der Waals surface area contributed by atoms with Crippen LogP contribution in [0.4, 0.5) is 4.39 Å². The second kappa shape index (κ2) is 6.17. The fraction of sp³-hybridized carbons (Fsp3) is 0.200. The molecular formula is C15H15BrFNO. The van der Waals surface area contributed by atoms with Crippen LogP contribution < -0.4 is 10.1 Å². The van der Waals surface area contributed by atoms with Crippen LogP contribution in [0.25, 0.3) is 0 Å². The standard InChI is InChI=1S/C15H15BrFNO/c1-18-15(10-7-8-13(17)12(16)9-10)11-5-3-4-6-14(11)19-2/h3-9,15,18H,1-2H3. The number of para-hydroxylation sites is 1. The van der Waals surface area contributed by atoms with Crippen molar-refractivity contribution in [3.8, 4) is 5.75 Å². The van der Waals surface area contributed by atoms with Crippen LogP contribution in [0, 0.1) is 5.82 Å². The molecule has 0 aromatic heterocycles. The number of hydrogen-bond donors (Lipinski definition) is 1. The molecule has 2 nitrogen and oxygen atoms in total. The topological polar surface area (TPSA) is 21.3 Å². The zero-order valence-corrected chi connectivity index (χ0v) is 12.4. The zero-order valence-electron chi connectivity index (χ0n) is 10.8. The Morgan fingerprint density at radius 2 is 1.95 bits per heavy atom. The number of benzene rings is 2. The lowest BCUT2D eigenvalue weighted by atomic mass is 9.98. The lowest BCUT2D eigenvalue weighted by molar-refractivity contribution is 0.405. The first-order valence-corrected chi connectivity index (χ1v) is 6.71. The number of ether oxygens (including phenoxy) is 1. The minimum Gasteiger partial charge on any atom is -0.496 e. The molecule has 0 amide bonds. The summed E-state index contributed by atoms with van der Waals surface area (Å²) in [7, 11) is 3.51. The van der Waals surface area contributed by atoms with Crippen molar-refractivity contribution in [2.24, 2.45) is 0 Å². The summed E-state index contributed by atoms with van der Waals surface area (Å²) in [5, 5.41) is 3.23. The fourth-order valence-corrected chi connectivity index (χ4v) is 2.50. The Morgan fingerprint density at radius 3 is 2.58 bits per heavy atom. The predicted octanol–water partition coefficient (Wildman–Crippen LogP) is 3.91. The third-order valence-corrected chi connectivity index (χ3v) is 3.62. The molecule has 0 bridgehead atoms. The quantitative estimate of drug-likeness (QED) is 0.921. The molecule has 0 fully saturated rings. The van der Waals surface area contributed by atoms with Gasteiger partial charge in [0, 0.05) is 5.56 Å². The number of methoxy groups -OCH3 is 1. The van der Waals surface area contributed by atoms with Gasteiger partial charge in [0.25, 0.3) is 0 Å². The highest BCUT2D eigenvalue weighted by Gasteiger charge is 2.17. The second-order valence-electron chi connectivity index (χ2n) is 4.14. The molecule has 1 atom stereocenters. The van der Waals surface area contributed by atoms with E-state index in [1.807, 2.05) is 31.3 Å². The van der Waals surface area contributed by atoms with Gasteiger partial charge in [0.1, 0.15) is 11.6 Å². The SMILES string of the molecule is CNC(c1ccc(F)c(Br)c1)c1ccccc1OC. The minimum atomic E-state index is -0.265. The molecule has 0 saturated carbocycles. The number of hydrogen-bond acceptors (Lipinski definition) is 2. The van der Waals surface area contributed by atoms with Crippen LogP contribution in [-0.2, 0) is 0 Å². The van der Waals surface area contributed by atoms with Crippen LogP contribution in [0.15, 0.2) is 46.9 Å². The van der Waals surface area contributed by atoms with Crippen molar-refractivity contribution in [2.45, 2.75) is 6.04 Å². The molecular weight excluding hydrogens is 309 g/mol. The highest BCUT2D eigenvalue weighted by molar-refractivity contribution is 9.10. The lowest BCUT2D eigenvalue weighted by Gasteiger charge is -2.20. The largest absolute Gasteiger partial charge is 0.496 e. The molecule has 4 heteroatoms. The molecule has 2 rings (SSSR count). The van der Waals surface area contributed by atoms with E-state index in [0.29, 0.717) is 4.47 Å². The minimum absolute atomic E-state index is 0.0481. The van der Waals surface area contributed by atoms with E-state index < -0.39 is 0 Å². The van der Waals surface area contributed by atoms with Crippen LogP contribution in [0.3, 0.4) is 0 Å². The van der Waals surface area contributed by atoms with Gasteiger partial charge in [-0.2, -0.15) is 0 Å². The Hall–Kier alpha value is -1.39. The third kappa shape index (κ3) is 2.96. The number of rotatable bonds is 4. The lowest BCUT2D eigenvalue weighted by Crippen LogP contribution is -2.18. The van der Waals surface area contributed by atoms with Gasteiger partial charge in [-0.25, -0.2) is 4.39 Å². The fourth-order valence-electron chi connectivity index (χ4n) is 2.10. The third-order valence-electron chi connectivity index (χ3n) is 3.02. The summed E-state index contributed by atoms with van der Waals surface area (Å²) < 4.78 is 19.2. The summed E-state index contributed by atoms with van der Waals surface area (Å²) in [5.41, 5.74) is 1.99. The normalized spacial score (nSPS) is 12.2. The van der Waals surface area contributed by atoms with Gasteiger partial charge in [-0.15, -0.1) is 0 Å². The Labute approximate surface area is 120 Å². The van der Waals surface area contributed by atoms with Gasteiger partial charge < -0.3 is 10.1 Å². The first kappa shape index (κ1) is 14.0. The van der Waals surface area contributed by atoms with E-state index in [0.717, 1.165) is 16.9 Å². The maximum Gasteiger partial charge on any atom is 0.137 e. The molecule has 0 aliphatic heterocycles. The first-order valence-electron chi connectivity index (χ1n) is 5.92. The van der Waals surface area contributed by atoms with Gasteiger partial charge in [-0.1, -0.05) is 24.3 Å². The molecule has 1 N–H and O–H groups in total. The summed E-state index contributed by atoms with van der Waals surface area (Å²) in [6.45, 7) is 0. The van der Waals surface area contributed by atoms with E-state index in [9.17, 15) is 4.39 Å². The van der Waals surface area contributed by atoms with Gasteiger partial charge in [-0.3, -0.25) is 0 Å². The molecule has 0 spiro atoms. The van der Waals surface area contributed by atoms with E-state index in [2.05, 4.69) is 21.2 Å². The molecule has 0 saturated heterocycles.